The maximum absolute atomic E-state index is 12.7. The van der Waals surface area contributed by atoms with Gasteiger partial charge in [0.25, 0.3) is 4.84 Å². The molecule has 1 aromatic heterocycles. The van der Waals surface area contributed by atoms with Crippen molar-refractivity contribution < 1.29 is 12.8 Å². The number of aromatic nitrogens is 2. The van der Waals surface area contributed by atoms with E-state index >= 15 is 0 Å². The topological polar surface area (TPSA) is 71.6 Å². The van der Waals surface area contributed by atoms with Crippen molar-refractivity contribution in [1.82, 2.24) is 19.0 Å². The van der Waals surface area contributed by atoms with Crippen LogP contribution in [0.4, 0.5) is 0 Å². The number of hydrogen-bond donors (Lipinski definition) is 0. The van der Waals surface area contributed by atoms with Crippen LogP contribution < -0.4 is 0 Å². The van der Waals surface area contributed by atoms with Crippen LogP contribution in [0.25, 0.3) is 11.5 Å². The molecule has 0 unspecified atom stereocenters. The van der Waals surface area contributed by atoms with Crippen molar-refractivity contribution in [3.63, 3.8) is 0 Å². The molecule has 1 aliphatic rings. The van der Waals surface area contributed by atoms with Gasteiger partial charge < -0.3 is 4.42 Å². The summed E-state index contributed by atoms with van der Waals surface area (Å²) in [7, 11) is -3.45. The first kappa shape index (κ1) is 19.0. The maximum atomic E-state index is 12.7. The zero-order valence-electron chi connectivity index (χ0n) is 15.1. The fraction of sp³-hybridized carbons (Fsp3) is 0.263. The van der Waals surface area contributed by atoms with Gasteiger partial charge in [0.2, 0.25) is 15.9 Å². The molecule has 0 N–H and O–H groups in total. The SMILES string of the molecule is O=S(=O)(c1ccccc1)N1CCN(Cn2nc(-c3ccccc3)oc2=S)CC1. The zero-order chi connectivity index (χ0) is 19.6. The largest absolute Gasteiger partial charge is 0.409 e. The fourth-order valence-electron chi connectivity index (χ4n) is 3.14. The highest BCUT2D eigenvalue weighted by atomic mass is 32.2. The summed E-state index contributed by atoms with van der Waals surface area (Å²) in [6.45, 7) is 2.51. The third-order valence-electron chi connectivity index (χ3n) is 4.67. The van der Waals surface area contributed by atoms with Gasteiger partial charge >= 0.3 is 0 Å². The number of nitrogens with zero attached hydrogens (tertiary/aromatic N) is 4. The van der Waals surface area contributed by atoms with Crippen LogP contribution in [0.15, 0.2) is 70.0 Å². The molecule has 0 saturated carbocycles. The van der Waals surface area contributed by atoms with Gasteiger partial charge in [0.15, 0.2) is 0 Å². The lowest BCUT2D eigenvalue weighted by Gasteiger charge is -2.33. The van der Waals surface area contributed by atoms with Crippen LogP contribution in [0, 0.1) is 4.84 Å². The summed E-state index contributed by atoms with van der Waals surface area (Å²) in [6, 6.07) is 18.1. The summed E-state index contributed by atoms with van der Waals surface area (Å²) >= 11 is 5.29. The van der Waals surface area contributed by atoms with Crippen molar-refractivity contribution in [3.05, 3.63) is 65.5 Å². The lowest BCUT2D eigenvalue weighted by Crippen LogP contribution is -2.48. The van der Waals surface area contributed by atoms with E-state index in [1.54, 1.807) is 28.9 Å². The highest BCUT2D eigenvalue weighted by Crippen LogP contribution is 2.19. The first-order chi connectivity index (χ1) is 13.5. The van der Waals surface area contributed by atoms with Crippen molar-refractivity contribution in [1.29, 1.82) is 0 Å². The molecular weight excluding hydrogens is 396 g/mol. The monoisotopic (exact) mass is 416 g/mol. The highest BCUT2D eigenvalue weighted by Gasteiger charge is 2.28. The van der Waals surface area contributed by atoms with Crippen LogP contribution in [0.5, 0.6) is 0 Å². The summed E-state index contributed by atoms with van der Waals surface area (Å²) < 4.78 is 34.2. The van der Waals surface area contributed by atoms with Gasteiger partial charge in [-0.2, -0.15) is 4.31 Å². The Balaban J connectivity index is 1.42. The van der Waals surface area contributed by atoms with E-state index in [0.29, 0.717) is 48.5 Å². The minimum atomic E-state index is -3.45. The van der Waals surface area contributed by atoms with Gasteiger partial charge in [-0.05, 0) is 36.5 Å². The van der Waals surface area contributed by atoms with Gasteiger partial charge in [0.05, 0.1) is 11.6 Å². The van der Waals surface area contributed by atoms with Gasteiger partial charge in [0, 0.05) is 31.7 Å². The Hall–Kier alpha value is -2.33. The van der Waals surface area contributed by atoms with E-state index in [2.05, 4.69) is 10.00 Å². The van der Waals surface area contributed by atoms with Crippen molar-refractivity contribution in [3.8, 4) is 11.5 Å². The molecule has 1 saturated heterocycles. The maximum Gasteiger partial charge on any atom is 0.288 e. The fourth-order valence-corrected chi connectivity index (χ4v) is 4.76. The highest BCUT2D eigenvalue weighted by molar-refractivity contribution is 7.89. The van der Waals surface area contributed by atoms with E-state index in [1.807, 2.05) is 36.4 Å². The average Bonchev–Trinajstić information content (AvgIpc) is 3.10. The molecule has 28 heavy (non-hydrogen) atoms. The van der Waals surface area contributed by atoms with Crippen LogP contribution in [0.2, 0.25) is 0 Å². The van der Waals surface area contributed by atoms with Crippen LogP contribution in [-0.2, 0) is 16.7 Å². The second kappa shape index (κ2) is 7.96. The van der Waals surface area contributed by atoms with Crippen molar-refractivity contribution in [2.45, 2.75) is 11.6 Å². The molecular formula is C19H20N4O3S2. The van der Waals surface area contributed by atoms with E-state index in [-0.39, 0.29) is 0 Å². The number of piperazine rings is 1. The Morgan fingerprint density at radius 1 is 0.929 bits per heavy atom. The van der Waals surface area contributed by atoms with E-state index in [9.17, 15) is 8.42 Å². The van der Waals surface area contributed by atoms with E-state index < -0.39 is 10.0 Å². The van der Waals surface area contributed by atoms with Crippen molar-refractivity contribution in [2.75, 3.05) is 26.2 Å². The quantitative estimate of drug-likeness (QED) is 0.596. The minimum Gasteiger partial charge on any atom is -0.409 e. The lowest BCUT2D eigenvalue weighted by molar-refractivity contribution is 0.143. The molecule has 3 aromatic rings. The Labute approximate surface area is 168 Å². The van der Waals surface area contributed by atoms with Crippen molar-refractivity contribution in [2.24, 2.45) is 0 Å². The van der Waals surface area contributed by atoms with Crippen molar-refractivity contribution >= 4 is 22.2 Å². The van der Waals surface area contributed by atoms with E-state index in [4.69, 9.17) is 16.6 Å². The van der Waals surface area contributed by atoms with Crippen LogP contribution in [-0.4, -0.2) is 53.6 Å². The first-order valence-electron chi connectivity index (χ1n) is 8.95. The molecule has 0 aliphatic carbocycles. The third-order valence-corrected chi connectivity index (χ3v) is 6.88. The standard InChI is InChI=1S/C19H20N4O3S2/c24-28(25,17-9-5-2-6-10-17)22-13-11-21(12-14-22)15-23-19(27)26-18(20-23)16-7-3-1-4-8-16/h1-10H,11-15H2. The number of hydrogen-bond acceptors (Lipinski definition) is 6. The molecule has 9 heteroatoms. The summed E-state index contributed by atoms with van der Waals surface area (Å²) in [6.07, 6.45) is 0. The van der Waals surface area contributed by atoms with Gasteiger partial charge in [-0.15, -0.1) is 5.10 Å². The second-order valence-electron chi connectivity index (χ2n) is 6.52. The molecule has 4 rings (SSSR count). The summed E-state index contributed by atoms with van der Waals surface area (Å²) in [5.74, 6) is 0.482. The smallest absolute Gasteiger partial charge is 0.288 e. The van der Waals surface area contributed by atoms with Gasteiger partial charge in [-0.1, -0.05) is 36.4 Å². The third kappa shape index (κ3) is 3.93. The molecule has 0 radical (unpaired) electrons. The predicted octanol–water partition coefficient (Wildman–Crippen LogP) is 2.84. The molecule has 7 nitrogen and oxygen atoms in total. The Morgan fingerprint density at radius 2 is 1.54 bits per heavy atom. The zero-order valence-corrected chi connectivity index (χ0v) is 16.8. The molecule has 0 amide bonds. The summed E-state index contributed by atoms with van der Waals surface area (Å²) in [4.78, 5) is 2.75. The molecule has 1 aliphatic heterocycles. The van der Waals surface area contributed by atoms with Gasteiger partial charge in [0.1, 0.15) is 0 Å². The number of benzene rings is 2. The van der Waals surface area contributed by atoms with E-state index in [1.165, 1.54) is 4.31 Å². The lowest BCUT2D eigenvalue weighted by atomic mass is 10.2. The van der Waals surface area contributed by atoms with Crippen LogP contribution in [0.3, 0.4) is 0 Å². The minimum absolute atomic E-state index is 0.304. The van der Waals surface area contributed by atoms with Crippen LogP contribution >= 0.6 is 12.2 Å². The Kier molecular flexibility index (Phi) is 5.40. The predicted molar refractivity (Wildman–Crippen MR) is 108 cm³/mol. The Morgan fingerprint density at radius 3 is 2.18 bits per heavy atom. The molecule has 146 valence electrons. The molecule has 0 spiro atoms. The van der Waals surface area contributed by atoms with E-state index in [0.717, 1.165) is 5.56 Å². The summed E-state index contributed by atoms with van der Waals surface area (Å²) in [5.41, 5.74) is 0.867. The summed E-state index contributed by atoms with van der Waals surface area (Å²) in [5, 5.41) is 4.46. The molecule has 0 atom stereocenters. The number of rotatable bonds is 5. The molecule has 2 aromatic carbocycles. The first-order valence-corrected chi connectivity index (χ1v) is 10.8. The average molecular weight is 417 g/mol. The molecule has 1 fully saturated rings. The van der Waals surface area contributed by atoms with Gasteiger partial charge in [-0.25, -0.2) is 13.1 Å². The Bertz CT molecular complexity index is 1090. The normalized spacial score (nSPS) is 16.3. The number of sulfonamides is 1. The molecule has 2 heterocycles. The second-order valence-corrected chi connectivity index (χ2v) is 8.80. The van der Waals surface area contributed by atoms with Crippen LogP contribution in [0.1, 0.15) is 0 Å². The molecule has 0 bridgehead atoms. The van der Waals surface area contributed by atoms with Gasteiger partial charge in [-0.3, -0.25) is 4.90 Å².